The number of carbonyl (C=O) groups excluding carboxylic acids is 1. The van der Waals surface area contributed by atoms with Crippen molar-refractivity contribution in [2.75, 3.05) is 6.61 Å². The molecule has 0 aliphatic heterocycles. The zero-order valence-corrected chi connectivity index (χ0v) is 8.66. The zero-order chi connectivity index (χ0) is 9.68. The van der Waals surface area contributed by atoms with Crippen LogP contribution in [-0.4, -0.2) is 19.0 Å². The van der Waals surface area contributed by atoms with E-state index >= 15 is 0 Å². The minimum Gasteiger partial charge on any atom is -0.371 e. The molecule has 2 nitrogen and oxygen atoms in total. The largest absolute Gasteiger partial charge is 0.371 e. The van der Waals surface area contributed by atoms with Crippen LogP contribution in [0.5, 0.6) is 0 Å². The Balaban J connectivity index is 2.28. The van der Waals surface area contributed by atoms with Gasteiger partial charge in [0.1, 0.15) is 12.9 Å². The number of hydrogen-bond acceptors (Lipinski definition) is 2. The van der Waals surface area contributed by atoms with Crippen LogP contribution < -0.4 is 0 Å². The van der Waals surface area contributed by atoms with E-state index < -0.39 is 0 Å². The van der Waals surface area contributed by atoms with E-state index in [0.29, 0.717) is 6.10 Å². The monoisotopic (exact) mass is 184 g/mol. The van der Waals surface area contributed by atoms with Crippen LogP contribution in [0.4, 0.5) is 0 Å². The van der Waals surface area contributed by atoms with E-state index in [-0.39, 0.29) is 6.61 Å². The van der Waals surface area contributed by atoms with Crippen molar-refractivity contribution in [3.8, 4) is 0 Å². The van der Waals surface area contributed by atoms with Gasteiger partial charge in [0.05, 0.1) is 6.10 Å². The van der Waals surface area contributed by atoms with Gasteiger partial charge in [0, 0.05) is 0 Å². The van der Waals surface area contributed by atoms with E-state index in [9.17, 15) is 4.79 Å². The Labute approximate surface area is 80.7 Å². The summed E-state index contributed by atoms with van der Waals surface area (Å²) in [5.74, 6) is 1.55. The highest BCUT2D eigenvalue weighted by molar-refractivity contribution is 5.50. The fraction of sp³-hybridized carbons (Fsp3) is 0.909. The number of rotatable bonds is 4. The van der Waals surface area contributed by atoms with Gasteiger partial charge in [-0.1, -0.05) is 26.7 Å². The second kappa shape index (κ2) is 5.38. The van der Waals surface area contributed by atoms with Crippen LogP contribution in [0.25, 0.3) is 0 Å². The Kier molecular flexibility index (Phi) is 4.43. The Morgan fingerprint density at radius 3 is 2.85 bits per heavy atom. The second-order valence-electron chi connectivity index (χ2n) is 4.29. The maximum atomic E-state index is 10.1. The van der Waals surface area contributed by atoms with Gasteiger partial charge in [-0.25, -0.2) is 0 Å². The molecule has 13 heavy (non-hydrogen) atoms. The lowest BCUT2D eigenvalue weighted by atomic mass is 9.80. The first-order chi connectivity index (χ1) is 6.24. The summed E-state index contributed by atoms with van der Waals surface area (Å²) in [5, 5.41) is 0. The van der Waals surface area contributed by atoms with Crippen molar-refractivity contribution in [1.29, 1.82) is 0 Å². The molecule has 2 unspecified atom stereocenters. The molecule has 0 N–H and O–H groups in total. The first-order valence-electron chi connectivity index (χ1n) is 5.29. The maximum Gasteiger partial charge on any atom is 0.145 e. The molecule has 0 aromatic heterocycles. The van der Waals surface area contributed by atoms with Crippen LogP contribution >= 0.6 is 0 Å². The summed E-state index contributed by atoms with van der Waals surface area (Å²) in [5.41, 5.74) is 0. The molecular weight excluding hydrogens is 164 g/mol. The number of aldehydes is 1. The Morgan fingerprint density at radius 2 is 2.23 bits per heavy atom. The molecule has 0 saturated heterocycles. The molecule has 0 heterocycles. The highest BCUT2D eigenvalue weighted by Gasteiger charge is 2.24. The van der Waals surface area contributed by atoms with E-state index in [1.54, 1.807) is 0 Å². The summed E-state index contributed by atoms with van der Waals surface area (Å²) in [7, 11) is 0. The summed E-state index contributed by atoms with van der Waals surface area (Å²) >= 11 is 0. The summed E-state index contributed by atoms with van der Waals surface area (Å²) in [6.45, 7) is 4.81. The number of ether oxygens (including phenoxy) is 1. The van der Waals surface area contributed by atoms with Gasteiger partial charge < -0.3 is 9.53 Å². The third-order valence-corrected chi connectivity index (χ3v) is 3.01. The quantitative estimate of drug-likeness (QED) is 0.627. The molecule has 0 aromatic carbocycles. The molecule has 0 bridgehead atoms. The molecule has 0 radical (unpaired) electrons. The topological polar surface area (TPSA) is 26.3 Å². The first-order valence-corrected chi connectivity index (χ1v) is 5.29. The van der Waals surface area contributed by atoms with E-state index in [1.165, 1.54) is 12.8 Å². The second-order valence-corrected chi connectivity index (χ2v) is 4.29. The minimum absolute atomic E-state index is 0.273. The van der Waals surface area contributed by atoms with Crippen molar-refractivity contribution in [1.82, 2.24) is 0 Å². The molecule has 0 spiro atoms. The molecule has 1 aliphatic rings. The lowest BCUT2D eigenvalue weighted by molar-refractivity contribution is -0.114. The molecule has 1 saturated carbocycles. The molecule has 76 valence electrons. The third-order valence-electron chi connectivity index (χ3n) is 3.01. The summed E-state index contributed by atoms with van der Waals surface area (Å²) in [6, 6.07) is 0. The normalized spacial score (nSPS) is 29.2. The van der Waals surface area contributed by atoms with Crippen LogP contribution in [0.1, 0.15) is 39.5 Å². The predicted octanol–water partition coefficient (Wildman–Crippen LogP) is 2.42. The van der Waals surface area contributed by atoms with Crippen LogP contribution in [-0.2, 0) is 9.53 Å². The van der Waals surface area contributed by atoms with Crippen molar-refractivity contribution < 1.29 is 9.53 Å². The smallest absolute Gasteiger partial charge is 0.145 e. The SMILES string of the molecule is CC(C)C1CCCC(OCC=O)C1. The Bertz CT molecular complexity index is 154. The van der Waals surface area contributed by atoms with Gasteiger partial charge in [-0.2, -0.15) is 0 Å². The fourth-order valence-electron chi connectivity index (χ4n) is 2.11. The van der Waals surface area contributed by atoms with E-state index in [1.807, 2.05) is 0 Å². The van der Waals surface area contributed by atoms with Crippen LogP contribution in [0.15, 0.2) is 0 Å². The summed E-state index contributed by atoms with van der Waals surface area (Å²) in [4.78, 5) is 10.1. The standard InChI is InChI=1S/C11H20O2/c1-9(2)10-4-3-5-11(8-10)13-7-6-12/h6,9-11H,3-5,7-8H2,1-2H3. The number of hydrogen-bond donors (Lipinski definition) is 0. The average Bonchev–Trinajstić information content (AvgIpc) is 2.15. The van der Waals surface area contributed by atoms with Gasteiger partial charge >= 0.3 is 0 Å². The van der Waals surface area contributed by atoms with Crippen molar-refractivity contribution >= 4 is 6.29 Å². The van der Waals surface area contributed by atoms with Gasteiger partial charge in [0.25, 0.3) is 0 Å². The molecule has 1 fully saturated rings. The molecule has 0 aromatic rings. The summed E-state index contributed by atoms with van der Waals surface area (Å²) < 4.78 is 5.44. The molecule has 2 atom stereocenters. The van der Waals surface area contributed by atoms with Crippen LogP contribution in [0.2, 0.25) is 0 Å². The molecule has 0 amide bonds. The van der Waals surface area contributed by atoms with Gasteiger partial charge in [-0.05, 0) is 24.7 Å². The molecule has 1 rings (SSSR count). The van der Waals surface area contributed by atoms with Gasteiger partial charge in [0.15, 0.2) is 0 Å². The highest BCUT2D eigenvalue weighted by Crippen LogP contribution is 2.31. The molecule has 2 heteroatoms. The number of carbonyl (C=O) groups is 1. The lowest BCUT2D eigenvalue weighted by Gasteiger charge is -2.31. The molecule has 1 aliphatic carbocycles. The predicted molar refractivity (Wildman–Crippen MR) is 52.6 cm³/mol. The van der Waals surface area contributed by atoms with Crippen molar-refractivity contribution in [2.24, 2.45) is 11.8 Å². The van der Waals surface area contributed by atoms with E-state index in [4.69, 9.17) is 4.74 Å². The van der Waals surface area contributed by atoms with Gasteiger partial charge in [-0.15, -0.1) is 0 Å². The summed E-state index contributed by atoms with van der Waals surface area (Å²) in [6.07, 6.45) is 6.05. The Hall–Kier alpha value is -0.370. The van der Waals surface area contributed by atoms with Crippen LogP contribution in [0, 0.1) is 11.8 Å². The first kappa shape index (κ1) is 10.7. The molecular formula is C11H20O2. The van der Waals surface area contributed by atoms with Gasteiger partial charge in [0.2, 0.25) is 0 Å². The maximum absolute atomic E-state index is 10.1. The fourth-order valence-corrected chi connectivity index (χ4v) is 2.11. The van der Waals surface area contributed by atoms with Crippen LogP contribution in [0.3, 0.4) is 0 Å². The van der Waals surface area contributed by atoms with Crippen molar-refractivity contribution in [2.45, 2.75) is 45.6 Å². The van der Waals surface area contributed by atoms with Gasteiger partial charge in [-0.3, -0.25) is 0 Å². The van der Waals surface area contributed by atoms with Crippen molar-refractivity contribution in [3.63, 3.8) is 0 Å². The van der Waals surface area contributed by atoms with E-state index in [2.05, 4.69) is 13.8 Å². The lowest BCUT2D eigenvalue weighted by Crippen LogP contribution is -2.26. The highest BCUT2D eigenvalue weighted by atomic mass is 16.5. The average molecular weight is 184 g/mol. The minimum atomic E-state index is 0.273. The van der Waals surface area contributed by atoms with Crippen molar-refractivity contribution in [3.05, 3.63) is 0 Å². The van der Waals surface area contributed by atoms with E-state index in [0.717, 1.165) is 31.0 Å². The Morgan fingerprint density at radius 1 is 1.46 bits per heavy atom. The zero-order valence-electron chi connectivity index (χ0n) is 8.66. The third kappa shape index (κ3) is 3.47.